The van der Waals surface area contributed by atoms with Gasteiger partial charge in [-0.15, -0.1) is 0 Å². The van der Waals surface area contributed by atoms with Gasteiger partial charge in [-0.05, 0) is 12.1 Å². The van der Waals surface area contributed by atoms with Crippen LogP contribution in [-0.4, -0.2) is 12.1 Å². The summed E-state index contributed by atoms with van der Waals surface area (Å²) in [6.45, 7) is 0. The van der Waals surface area contributed by atoms with Gasteiger partial charge in [0, 0.05) is 0 Å². The summed E-state index contributed by atoms with van der Waals surface area (Å²) in [7, 11) is 0. The van der Waals surface area contributed by atoms with Crippen molar-refractivity contribution in [2.75, 3.05) is 3.11 Å². The zero-order valence-electron chi connectivity index (χ0n) is 6.75. The monoisotopic (exact) mass is 315 g/mol. The maximum atomic E-state index is 12.0. The number of anilines is 1. The van der Waals surface area contributed by atoms with Crippen LogP contribution in [-0.2, 0) is 4.79 Å². The molecule has 2 nitrogen and oxygen atoms in total. The van der Waals surface area contributed by atoms with Crippen LogP contribution in [0.25, 0.3) is 0 Å². The lowest BCUT2D eigenvalue weighted by Crippen LogP contribution is -2.34. The normalized spacial score (nSPS) is 11.1. The van der Waals surface area contributed by atoms with E-state index in [1.807, 2.05) is 0 Å². The van der Waals surface area contributed by atoms with Gasteiger partial charge >= 0.3 is 12.1 Å². The molecule has 1 amide bonds. The van der Waals surface area contributed by atoms with E-state index in [-0.39, 0.29) is 5.69 Å². The van der Waals surface area contributed by atoms with E-state index in [2.05, 4.69) is 0 Å². The van der Waals surface area contributed by atoms with Crippen LogP contribution < -0.4 is 3.11 Å². The number of benzene rings is 1. The maximum Gasteiger partial charge on any atom is 0.472 e. The number of carbonyl (C=O) groups is 1. The number of hydrogen-bond donors (Lipinski definition) is 0. The summed E-state index contributed by atoms with van der Waals surface area (Å²) in [5, 5.41) is 0. The number of amides is 1. The summed E-state index contributed by atoms with van der Waals surface area (Å²) in [6, 6.07) is 7.63. The van der Waals surface area contributed by atoms with E-state index in [1.165, 1.54) is 35.0 Å². The first-order valence-corrected chi connectivity index (χ1v) is 4.51. The Labute approximate surface area is 92.2 Å². The van der Waals surface area contributed by atoms with Gasteiger partial charge in [0.25, 0.3) is 0 Å². The van der Waals surface area contributed by atoms with Crippen LogP contribution in [0, 0.1) is 0 Å². The third kappa shape index (κ3) is 2.60. The van der Waals surface area contributed by atoms with Gasteiger partial charge in [-0.3, -0.25) is 4.79 Å². The molecule has 0 aliphatic carbocycles. The van der Waals surface area contributed by atoms with Gasteiger partial charge in [0.05, 0.1) is 28.6 Å². The summed E-state index contributed by atoms with van der Waals surface area (Å²) >= 11 is 1.32. The Bertz CT molecular complexity index is 325. The highest BCUT2D eigenvalue weighted by molar-refractivity contribution is 14.1. The molecule has 0 spiro atoms. The highest BCUT2D eigenvalue weighted by Crippen LogP contribution is 2.26. The summed E-state index contributed by atoms with van der Waals surface area (Å²) in [5.74, 6) is -1.88. The molecular weight excluding hydrogens is 310 g/mol. The molecular formula is C8H5F3INO. The van der Waals surface area contributed by atoms with Crippen LogP contribution >= 0.6 is 22.9 Å². The molecule has 1 rings (SSSR count). The zero-order chi connectivity index (χ0) is 10.8. The summed E-state index contributed by atoms with van der Waals surface area (Å²) in [4.78, 5) is 10.8. The van der Waals surface area contributed by atoms with E-state index in [0.29, 0.717) is 3.11 Å². The SMILES string of the molecule is O=C(N(I)c1ccccc1)C(F)(F)F. The van der Waals surface area contributed by atoms with E-state index in [1.54, 1.807) is 18.2 Å². The standard InChI is InChI=1S/C8H5F3INO/c9-8(10,11)7(14)13(12)6-4-2-1-3-5-6/h1-5H. The van der Waals surface area contributed by atoms with Crippen molar-refractivity contribution >= 4 is 34.5 Å². The molecule has 1 aromatic carbocycles. The molecule has 0 fully saturated rings. The maximum absolute atomic E-state index is 12.0. The Hall–Kier alpha value is -0.790. The van der Waals surface area contributed by atoms with Crippen LogP contribution in [0.4, 0.5) is 18.9 Å². The first-order chi connectivity index (χ1) is 6.43. The Balaban J connectivity index is 2.87. The average Bonchev–Trinajstić information content (AvgIpc) is 2.15. The van der Waals surface area contributed by atoms with Crippen molar-refractivity contribution in [3.63, 3.8) is 0 Å². The van der Waals surface area contributed by atoms with Gasteiger partial charge in [-0.1, -0.05) is 18.2 Å². The lowest BCUT2D eigenvalue weighted by Gasteiger charge is -2.15. The molecule has 6 heteroatoms. The molecule has 0 aliphatic heterocycles. The minimum absolute atomic E-state index is 0.204. The molecule has 0 radical (unpaired) electrons. The highest BCUT2D eigenvalue weighted by Gasteiger charge is 2.42. The minimum Gasteiger partial charge on any atom is -0.263 e. The van der Waals surface area contributed by atoms with Crippen molar-refractivity contribution in [2.24, 2.45) is 0 Å². The molecule has 0 saturated carbocycles. The first kappa shape index (κ1) is 11.3. The molecule has 14 heavy (non-hydrogen) atoms. The number of rotatable bonds is 1. The Kier molecular flexibility index (Phi) is 3.35. The number of alkyl halides is 3. The molecule has 0 aromatic heterocycles. The molecule has 0 bridgehead atoms. The minimum atomic E-state index is -4.84. The summed E-state index contributed by atoms with van der Waals surface area (Å²) < 4.78 is 36.5. The highest BCUT2D eigenvalue weighted by atomic mass is 127. The molecule has 76 valence electrons. The third-order valence-electron chi connectivity index (χ3n) is 1.40. The summed E-state index contributed by atoms with van der Waals surface area (Å²) in [5.41, 5.74) is 0.204. The van der Waals surface area contributed by atoms with Crippen LogP contribution in [0.2, 0.25) is 0 Å². The van der Waals surface area contributed by atoms with Crippen molar-refractivity contribution in [3.05, 3.63) is 30.3 Å². The molecule has 0 heterocycles. The quantitative estimate of drug-likeness (QED) is 0.576. The molecule has 0 saturated heterocycles. The molecule has 0 unspecified atom stereocenters. The summed E-state index contributed by atoms with van der Waals surface area (Å²) in [6.07, 6.45) is -4.84. The largest absolute Gasteiger partial charge is 0.472 e. The average molecular weight is 315 g/mol. The lowest BCUT2D eigenvalue weighted by atomic mass is 10.3. The van der Waals surface area contributed by atoms with Crippen molar-refractivity contribution in [1.29, 1.82) is 0 Å². The number of carbonyl (C=O) groups excluding carboxylic acids is 1. The fourth-order valence-corrected chi connectivity index (χ4v) is 1.38. The zero-order valence-corrected chi connectivity index (χ0v) is 8.91. The molecule has 0 atom stereocenters. The van der Waals surface area contributed by atoms with E-state index in [9.17, 15) is 18.0 Å². The van der Waals surface area contributed by atoms with Crippen molar-refractivity contribution < 1.29 is 18.0 Å². The second kappa shape index (κ2) is 4.16. The van der Waals surface area contributed by atoms with Gasteiger partial charge in [-0.2, -0.15) is 13.2 Å². The van der Waals surface area contributed by atoms with Gasteiger partial charge in [0.15, 0.2) is 0 Å². The number of para-hydroxylation sites is 1. The smallest absolute Gasteiger partial charge is 0.263 e. The van der Waals surface area contributed by atoms with E-state index in [4.69, 9.17) is 0 Å². The second-order valence-electron chi connectivity index (χ2n) is 2.42. The van der Waals surface area contributed by atoms with Crippen LogP contribution in [0.1, 0.15) is 0 Å². The van der Waals surface area contributed by atoms with Gasteiger partial charge in [-0.25, -0.2) is 3.11 Å². The van der Waals surface area contributed by atoms with E-state index >= 15 is 0 Å². The number of nitrogens with zero attached hydrogens (tertiary/aromatic N) is 1. The molecule has 0 aliphatic rings. The Morgan fingerprint density at radius 2 is 1.71 bits per heavy atom. The third-order valence-corrected chi connectivity index (χ3v) is 2.40. The van der Waals surface area contributed by atoms with E-state index in [0.717, 1.165) is 0 Å². The van der Waals surface area contributed by atoms with Crippen LogP contribution in [0.5, 0.6) is 0 Å². The van der Waals surface area contributed by atoms with Crippen molar-refractivity contribution in [3.8, 4) is 0 Å². The Morgan fingerprint density at radius 3 is 2.14 bits per heavy atom. The van der Waals surface area contributed by atoms with Crippen LogP contribution in [0.15, 0.2) is 30.3 Å². The first-order valence-electron chi connectivity index (χ1n) is 3.55. The van der Waals surface area contributed by atoms with Gasteiger partial charge in [0.2, 0.25) is 0 Å². The number of halogens is 4. The van der Waals surface area contributed by atoms with Gasteiger partial charge in [0.1, 0.15) is 0 Å². The lowest BCUT2D eigenvalue weighted by molar-refractivity contribution is -0.168. The molecule has 0 N–H and O–H groups in total. The fourth-order valence-electron chi connectivity index (χ4n) is 0.787. The predicted molar refractivity (Wildman–Crippen MR) is 54.0 cm³/mol. The fraction of sp³-hybridized carbons (Fsp3) is 0.125. The number of hydrogen-bond acceptors (Lipinski definition) is 1. The van der Waals surface area contributed by atoms with Crippen molar-refractivity contribution in [2.45, 2.75) is 6.18 Å². The molecule has 1 aromatic rings. The van der Waals surface area contributed by atoms with Crippen molar-refractivity contribution in [1.82, 2.24) is 0 Å². The Morgan fingerprint density at radius 1 is 1.21 bits per heavy atom. The topological polar surface area (TPSA) is 20.3 Å². The van der Waals surface area contributed by atoms with Gasteiger partial charge < -0.3 is 0 Å². The predicted octanol–water partition coefficient (Wildman–Crippen LogP) is 2.93. The van der Waals surface area contributed by atoms with E-state index < -0.39 is 12.1 Å². The second-order valence-corrected chi connectivity index (χ2v) is 3.38. The van der Waals surface area contributed by atoms with Crippen LogP contribution in [0.3, 0.4) is 0 Å².